The van der Waals surface area contributed by atoms with Crippen LogP contribution in [0.25, 0.3) is 11.0 Å². The molecule has 1 amide bonds. The van der Waals surface area contributed by atoms with Crippen LogP contribution in [0.4, 0.5) is 0 Å². The smallest absolute Gasteiger partial charge is 0.336 e. The van der Waals surface area contributed by atoms with E-state index in [9.17, 15) is 35.1 Å². The molecule has 37 heavy (non-hydrogen) atoms. The number of carbonyl (C=O) groups is 1. The number of nitrogens with one attached hydrogen (secondary N) is 1. The molecule has 2 saturated heterocycles. The maximum Gasteiger partial charge on any atom is 0.336 e. The fraction of sp³-hybridized carbons (Fsp3) is 0.583. The molecule has 0 bridgehead atoms. The Morgan fingerprint density at radius 2 is 1.76 bits per heavy atom. The van der Waals surface area contributed by atoms with Gasteiger partial charge < -0.3 is 54.2 Å². The topological polar surface area (TPSA) is 197 Å². The quantitative estimate of drug-likeness (QED) is 0.234. The third kappa shape index (κ3) is 5.63. The maximum atomic E-state index is 11.9. The number of hydrogen-bond donors (Lipinski definition) is 6. The van der Waals surface area contributed by atoms with Gasteiger partial charge in [0.1, 0.15) is 54.0 Å². The Morgan fingerprint density at radius 3 is 2.43 bits per heavy atom. The number of aliphatic hydroxyl groups excluding tert-OH is 5. The van der Waals surface area contributed by atoms with Gasteiger partial charge in [-0.3, -0.25) is 4.79 Å². The molecule has 6 N–H and O–H groups in total. The Bertz CT molecular complexity index is 1170. The summed E-state index contributed by atoms with van der Waals surface area (Å²) in [7, 11) is 0. The molecule has 4 rings (SSSR count). The van der Waals surface area contributed by atoms with Crippen LogP contribution < -0.4 is 15.7 Å². The Balaban J connectivity index is 1.58. The normalized spacial score (nSPS) is 36.3. The zero-order valence-corrected chi connectivity index (χ0v) is 20.4. The molecule has 2 aliphatic heterocycles. The molecule has 0 spiro atoms. The zero-order valence-electron chi connectivity index (χ0n) is 20.4. The van der Waals surface area contributed by atoms with Crippen molar-refractivity contribution in [2.75, 3.05) is 6.61 Å². The molecule has 1 aromatic heterocycles. The summed E-state index contributed by atoms with van der Waals surface area (Å²) < 4.78 is 28.1. The maximum absolute atomic E-state index is 11.9. The predicted molar refractivity (Wildman–Crippen MR) is 124 cm³/mol. The van der Waals surface area contributed by atoms with Crippen LogP contribution in [-0.2, 0) is 19.0 Å². The van der Waals surface area contributed by atoms with Crippen LogP contribution in [0.3, 0.4) is 0 Å². The van der Waals surface area contributed by atoms with Gasteiger partial charge in [0, 0.05) is 24.4 Å². The average molecular weight is 526 g/mol. The van der Waals surface area contributed by atoms with Gasteiger partial charge in [-0.15, -0.1) is 0 Å². The van der Waals surface area contributed by atoms with Crippen LogP contribution in [0.1, 0.15) is 19.4 Å². The molecular formula is C24H31NO12. The number of aryl methyl sites for hydroxylation is 1. The lowest BCUT2D eigenvalue weighted by atomic mass is 9.95. The molecule has 13 nitrogen and oxygen atoms in total. The van der Waals surface area contributed by atoms with Gasteiger partial charge in [0.2, 0.25) is 12.2 Å². The van der Waals surface area contributed by atoms with Gasteiger partial charge in [0.05, 0.1) is 12.7 Å². The first-order valence-electron chi connectivity index (χ1n) is 11.8. The first-order chi connectivity index (χ1) is 17.5. The number of hydrogen-bond acceptors (Lipinski definition) is 12. The largest absolute Gasteiger partial charge is 0.462 e. The van der Waals surface area contributed by atoms with Crippen LogP contribution in [0.5, 0.6) is 5.75 Å². The van der Waals surface area contributed by atoms with E-state index in [0.29, 0.717) is 10.9 Å². The third-order valence-corrected chi connectivity index (χ3v) is 6.50. The summed E-state index contributed by atoms with van der Waals surface area (Å²) >= 11 is 0. The SMILES string of the molecule is CC(=O)N[C@@H]1[C@H](Oc2ccc3c(C)cc(=O)oc3c2)O[C@H](CO)[C@H](O[C@@H]2O[C@H](C)[C@H](O)[C@H](O)[C@@H]2O)[C@H]1O. The van der Waals surface area contributed by atoms with Crippen molar-refractivity contribution < 1.29 is 53.7 Å². The highest BCUT2D eigenvalue weighted by Crippen LogP contribution is 2.31. The molecule has 13 heteroatoms. The minimum absolute atomic E-state index is 0.196. The Hall–Kier alpha value is -2.62. The molecule has 2 fully saturated rings. The van der Waals surface area contributed by atoms with E-state index in [-0.39, 0.29) is 11.3 Å². The van der Waals surface area contributed by atoms with E-state index in [1.54, 1.807) is 19.1 Å². The van der Waals surface area contributed by atoms with Crippen molar-refractivity contribution in [2.45, 2.75) is 82.1 Å². The number of benzene rings is 1. The Morgan fingerprint density at radius 1 is 1.03 bits per heavy atom. The second-order valence-electron chi connectivity index (χ2n) is 9.25. The van der Waals surface area contributed by atoms with Crippen molar-refractivity contribution in [3.63, 3.8) is 0 Å². The van der Waals surface area contributed by atoms with Crippen LogP contribution >= 0.6 is 0 Å². The molecule has 10 atom stereocenters. The second kappa shape index (κ2) is 11.0. The lowest BCUT2D eigenvalue weighted by Crippen LogP contribution is -2.67. The molecule has 0 unspecified atom stereocenters. The van der Waals surface area contributed by atoms with Crippen molar-refractivity contribution in [3.8, 4) is 5.75 Å². The van der Waals surface area contributed by atoms with Gasteiger partial charge in [-0.2, -0.15) is 0 Å². The molecule has 3 heterocycles. The average Bonchev–Trinajstić information content (AvgIpc) is 2.84. The van der Waals surface area contributed by atoms with Crippen molar-refractivity contribution in [1.29, 1.82) is 0 Å². The summed E-state index contributed by atoms with van der Waals surface area (Å²) in [6.07, 6.45) is -12.4. The van der Waals surface area contributed by atoms with E-state index in [1.165, 1.54) is 26.0 Å². The molecule has 2 aromatic rings. The van der Waals surface area contributed by atoms with E-state index in [0.717, 1.165) is 0 Å². The number of ether oxygens (including phenoxy) is 4. The fourth-order valence-electron chi connectivity index (χ4n) is 4.52. The standard InChI is InChI=1S/C24H31NO12/c1-9-6-16(28)35-14-7-12(4-5-13(9)14)34-23-17(25-11(3)27)19(30)22(15(8-26)36-23)37-24-21(32)20(31)18(29)10(2)33-24/h4-7,10,15,17-24,26,29-32H,8H2,1-3H3,(H,25,27)/t10-,15-,17+,18+,19+,20+,21+,22+,23-,24+/m1/s1. The van der Waals surface area contributed by atoms with Crippen molar-refractivity contribution >= 4 is 16.9 Å². The molecule has 1 aromatic carbocycles. The Kier molecular flexibility index (Phi) is 8.16. The lowest BCUT2D eigenvalue weighted by molar-refractivity contribution is -0.339. The van der Waals surface area contributed by atoms with E-state index in [1.807, 2.05) is 0 Å². The van der Waals surface area contributed by atoms with Gasteiger partial charge in [0.15, 0.2) is 6.29 Å². The summed E-state index contributed by atoms with van der Waals surface area (Å²) in [6, 6.07) is 4.87. The first-order valence-corrected chi connectivity index (χ1v) is 11.8. The van der Waals surface area contributed by atoms with Crippen LogP contribution in [0.2, 0.25) is 0 Å². The zero-order chi connectivity index (χ0) is 27.0. The van der Waals surface area contributed by atoms with Gasteiger partial charge >= 0.3 is 5.63 Å². The highest BCUT2D eigenvalue weighted by Gasteiger charge is 2.51. The van der Waals surface area contributed by atoms with E-state index in [4.69, 9.17) is 23.4 Å². The molecule has 0 radical (unpaired) electrons. The van der Waals surface area contributed by atoms with Gasteiger partial charge in [-0.25, -0.2) is 4.79 Å². The highest BCUT2D eigenvalue weighted by molar-refractivity contribution is 5.81. The van der Waals surface area contributed by atoms with Crippen molar-refractivity contribution in [1.82, 2.24) is 5.32 Å². The minimum atomic E-state index is -1.67. The van der Waals surface area contributed by atoms with Crippen LogP contribution in [0.15, 0.2) is 33.5 Å². The van der Waals surface area contributed by atoms with E-state index >= 15 is 0 Å². The lowest BCUT2D eigenvalue weighted by Gasteiger charge is -2.46. The summed E-state index contributed by atoms with van der Waals surface area (Å²) in [5, 5.41) is 54.7. The van der Waals surface area contributed by atoms with Crippen molar-refractivity contribution in [2.24, 2.45) is 0 Å². The summed E-state index contributed by atoms with van der Waals surface area (Å²) in [5.41, 5.74) is 0.424. The van der Waals surface area contributed by atoms with Gasteiger partial charge in [0.25, 0.3) is 0 Å². The third-order valence-electron chi connectivity index (χ3n) is 6.50. The summed E-state index contributed by atoms with van der Waals surface area (Å²) in [6.45, 7) is 3.79. The molecular weight excluding hydrogens is 494 g/mol. The van der Waals surface area contributed by atoms with E-state index < -0.39 is 79.5 Å². The predicted octanol–water partition coefficient (Wildman–Crippen LogP) is -1.72. The molecule has 2 aliphatic rings. The van der Waals surface area contributed by atoms with Gasteiger partial charge in [-0.1, -0.05) is 0 Å². The molecule has 204 valence electrons. The number of carbonyl (C=O) groups excluding carboxylic acids is 1. The second-order valence-corrected chi connectivity index (χ2v) is 9.25. The summed E-state index contributed by atoms with van der Waals surface area (Å²) in [5.74, 6) is -0.328. The van der Waals surface area contributed by atoms with E-state index in [2.05, 4.69) is 5.32 Å². The number of amides is 1. The fourth-order valence-corrected chi connectivity index (χ4v) is 4.52. The van der Waals surface area contributed by atoms with Crippen LogP contribution in [-0.4, -0.2) is 99.4 Å². The van der Waals surface area contributed by atoms with Crippen LogP contribution in [0, 0.1) is 6.92 Å². The number of rotatable bonds is 6. The Labute approximate surface area is 211 Å². The molecule has 0 aliphatic carbocycles. The first kappa shape index (κ1) is 27.4. The number of fused-ring (bicyclic) bond motifs is 1. The minimum Gasteiger partial charge on any atom is -0.462 e. The summed E-state index contributed by atoms with van der Waals surface area (Å²) in [4.78, 5) is 23.7. The van der Waals surface area contributed by atoms with Crippen molar-refractivity contribution in [3.05, 3.63) is 40.2 Å². The highest BCUT2D eigenvalue weighted by atomic mass is 16.7. The number of aliphatic hydroxyl groups is 5. The van der Waals surface area contributed by atoms with Gasteiger partial charge in [-0.05, 0) is 31.5 Å². The monoisotopic (exact) mass is 525 g/mol. The molecule has 0 saturated carbocycles.